The molecule has 2 amide bonds. The van der Waals surface area contributed by atoms with Crippen molar-refractivity contribution in [2.24, 2.45) is 5.92 Å². The van der Waals surface area contributed by atoms with Gasteiger partial charge in [0, 0.05) is 36.3 Å². The van der Waals surface area contributed by atoms with Crippen LogP contribution in [0.15, 0.2) is 24.3 Å². The molecule has 1 aliphatic rings. The highest BCUT2D eigenvalue weighted by molar-refractivity contribution is 6.30. The summed E-state index contributed by atoms with van der Waals surface area (Å²) >= 11 is 5.80. The lowest BCUT2D eigenvalue weighted by atomic mass is 10.0. The van der Waals surface area contributed by atoms with E-state index in [9.17, 15) is 4.79 Å². The van der Waals surface area contributed by atoms with Crippen LogP contribution in [0.5, 0.6) is 0 Å². The van der Waals surface area contributed by atoms with Crippen LogP contribution < -0.4 is 5.32 Å². The monoisotopic (exact) mass is 240 g/mol. The number of likely N-dealkylation sites (tertiary alicyclic amines) is 1. The zero-order chi connectivity index (χ0) is 11.5. The average molecular weight is 241 g/mol. The third-order valence-electron chi connectivity index (χ3n) is 2.58. The van der Waals surface area contributed by atoms with Crippen LogP contribution in [0.4, 0.5) is 10.5 Å². The van der Waals surface area contributed by atoms with Gasteiger partial charge >= 0.3 is 6.03 Å². The minimum absolute atomic E-state index is 0.140. The van der Waals surface area contributed by atoms with Crippen LogP contribution >= 0.6 is 11.6 Å². The first kappa shape index (κ1) is 11.2. The smallest absolute Gasteiger partial charge is 0.321 e. The van der Waals surface area contributed by atoms with Crippen molar-refractivity contribution in [2.45, 2.75) is 0 Å². The fraction of sp³-hybridized carbons (Fsp3) is 0.364. The summed E-state index contributed by atoms with van der Waals surface area (Å²) < 4.78 is 0. The molecule has 0 aromatic heterocycles. The van der Waals surface area contributed by atoms with E-state index in [-0.39, 0.29) is 18.6 Å². The first-order valence-corrected chi connectivity index (χ1v) is 5.49. The molecule has 5 heteroatoms. The van der Waals surface area contributed by atoms with E-state index in [4.69, 9.17) is 16.7 Å². The van der Waals surface area contributed by atoms with Gasteiger partial charge in [-0.15, -0.1) is 0 Å². The number of aliphatic hydroxyl groups excluding tert-OH is 1. The lowest BCUT2D eigenvalue weighted by Crippen LogP contribution is -2.52. The summed E-state index contributed by atoms with van der Waals surface area (Å²) in [5.74, 6) is 0.227. The molecule has 0 spiro atoms. The normalized spacial score (nSPS) is 15.8. The van der Waals surface area contributed by atoms with Gasteiger partial charge in [0.1, 0.15) is 0 Å². The predicted octanol–water partition coefficient (Wildman–Crippen LogP) is 1.80. The number of halogens is 1. The van der Waals surface area contributed by atoms with Crippen LogP contribution in [-0.2, 0) is 0 Å². The van der Waals surface area contributed by atoms with Gasteiger partial charge in [-0.2, -0.15) is 0 Å². The lowest BCUT2D eigenvalue weighted by molar-refractivity contribution is 0.0838. The summed E-state index contributed by atoms with van der Waals surface area (Å²) in [6, 6.07) is 6.87. The Balaban J connectivity index is 1.89. The largest absolute Gasteiger partial charge is 0.396 e. The van der Waals surface area contributed by atoms with Gasteiger partial charge in [-0.1, -0.05) is 17.7 Å². The van der Waals surface area contributed by atoms with Gasteiger partial charge in [0.2, 0.25) is 0 Å². The third-order valence-corrected chi connectivity index (χ3v) is 2.81. The number of hydrogen-bond donors (Lipinski definition) is 2. The SMILES string of the molecule is O=C(Nc1cccc(Cl)c1)N1CC(CO)C1. The summed E-state index contributed by atoms with van der Waals surface area (Å²) in [7, 11) is 0. The number of carbonyl (C=O) groups excluding carboxylic acids is 1. The maximum absolute atomic E-state index is 11.7. The topological polar surface area (TPSA) is 52.6 Å². The molecule has 2 rings (SSSR count). The summed E-state index contributed by atoms with van der Waals surface area (Å²) in [5.41, 5.74) is 0.685. The Morgan fingerprint density at radius 1 is 1.56 bits per heavy atom. The molecule has 1 aromatic rings. The van der Waals surface area contributed by atoms with E-state index in [1.54, 1.807) is 29.2 Å². The van der Waals surface area contributed by atoms with Crippen molar-refractivity contribution >= 4 is 23.3 Å². The van der Waals surface area contributed by atoms with Gasteiger partial charge in [-0.05, 0) is 18.2 Å². The van der Waals surface area contributed by atoms with Crippen molar-refractivity contribution in [1.29, 1.82) is 0 Å². The van der Waals surface area contributed by atoms with Crippen molar-refractivity contribution in [3.05, 3.63) is 29.3 Å². The van der Waals surface area contributed by atoms with Crippen molar-refractivity contribution in [3.63, 3.8) is 0 Å². The molecule has 86 valence electrons. The molecule has 0 unspecified atom stereocenters. The molecule has 0 atom stereocenters. The predicted molar refractivity (Wildman–Crippen MR) is 62.6 cm³/mol. The lowest BCUT2D eigenvalue weighted by Gasteiger charge is -2.38. The number of carbonyl (C=O) groups is 1. The molecule has 4 nitrogen and oxygen atoms in total. The van der Waals surface area contributed by atoms with E-state index in [1.165, 1.54) is 0 Å². The van der Waals surface area contributed by atoms with Crippen LogP contribution in [0.25, 0.3) is 0 Å². The number of nitrogens with one attached hydrogen (secondary N) is 1. The molecule has 1 aromatic carbocycles. The standard InChI is InChI=1S/C11H13ClN2O2/c12-9-2-1-3-10(4-9)13-11(16)14-5-8(6-14)7-15/h1-4,8,15H,5-7H2,(H,13,16). The highest BCUT2D eigenvalue weighted by Gasteiger charge is 2.29. The van der Waals surface area contributed by atoms with Crippen LogP contribution in [-0.4, -0.2) is 35.7 Å². The van der Waals surface area contributed by atoms with Gasteiger partial charge < -0.3 is 15.3 Å². The van der Waals surface area contributed by atoms with Gasteiger partial charge in [0.25, 0.3) is 0 Å². The van der Waals surface area contributed by atoms with Crippen molar-refractivity contribution in [2.75, 3.05) is 25.0 Å². The van der Waals surface area contributed by atoms with Crippen LogP contribution in [0, 0.1) is 5.92 Å². The quantitative estimate of drug-likeness (QED) is 0.828. The molecule has 0 aliphatic carbocycles. The summed E-state index contributed by atoms with van der Waals surface area (Å²) in [5, 5.41) is 12.2. The maximum Gasteiger partial charge on any atom is 0.321 e. The van der Waals surface area contributed by atoms with Crippen molar-refractivity contribution in [1.82, 2.24) is 4.90 Å². The number of urea groups is 1. The van der Waals surface area contributed by atoms with E-state index in [1.807, 2.05) is 0 Å². The molecule has 1 aliphatic heterocycles. The number of benzene rings is 1. The number of anilines is 1. The Kier molecular flexibility index (Phi) is 3.31. The van der Waals surface area contributed by atoms with Crippen LogP contribution in [0.2, 0.25) is 5.02 Å². The highest BCUT2D eigenvalue weighted by Crippen LogP contribution is 2.18. The molecular weight excluding hydrogens is 228 g/mol. The second-order valence-corrected chi connectivity index (χ2v) is 4.33. The van der Waals surface area contributed by atoms with E-state index in [0.29, 0.717) is 23.8 Å². The van der Waals surface area contributed by atoms with Crippen LogP contribution in [0.3, 0.4) is 0 Å². The maximum atomic E-state index is 11.7. The molecule has 1 fully saturated rings. The summed E-state index contributed by atoms with van der Waals surface area (Å²) in [6.07, 6.45) is 0. The number of hydrogen-bond acceptors (Lipinski definition) is 2. The van der Waals surface area contributed by atoms with Crippen LogP contribution in [0.1, 0.15) is 0 Å². The van der Waals surface area contributed by atoms with E-state index in [2.05, 4.69) is 5.32 Å². The Morgan fingerprint density at radius 2 is 2.31 bits per heavy atom. The number of nitrogens with zero attached hydrogens (tertiary/aromatic N) is 1. The zero-order valence-electron chi connectivity index (χ0n) is 8.69. The second kappa shape index (κ2) is 4.72. The zero-order valence-corrected chi connectivity index (χ0v) is 9.44. The Bertz CT molecular complexity index is 391. The molecule has 1 saturated heterocycles. The summed E-state index contributed by atoms with van der Waals surface area (Å²) in [4.78, 5) is 13.3. The molecule has 1 heterocycles. The average Bonchev–Trinajstić information content (AvgIpc) is 2.15. The van der Waals surface area contributed by atoms with Gasteiger partial charge in [-0.25, -0.2) is 4.79 Å². The minimum Gasteiger partial charge on any atom is -0.396 e. The minimum atomic E-state index is -0.146. The van der Waals surface area contributed by atoms with E-state index >= 15 is 0 Å². The third kappa shape index (κ3) is 2.46. The Morgan fingerprint density at radius 3 is 2.94 bits per heavy atom. The molecule has 0 radical (unpaired) electrons. The number of aliphatic hydroxyl groups is 1. The molecule has 16 heavy (non-hydrogen) atoms. The second-order valence-electron chi connectivity index (χ2n) is 3.89. The highest BCUT2D eigenvalue weighted by atomic mass is 35.5. The van der Waals surface area contributed by atoms with Gasteiger partial charge in [0.05, 0.1) is 0 Å². The molecular formula is C11H13ClN2O2. The fourth-order valence-corrected chi connectivity index (χ4v) is 1.81. The summed E-state index contributed by atoms with van der Waals surface area (Å²) in [6.45, 7) is 1.37. The number of amides is 2. The van der Waals surface area contributed by atoms with Crippen molar-refractivity contribution in [3.8, 4) is 0 Å². The van der Waals surface area contributed by atoms with E-state index < -0.39 is 0 Å². The van der Waals surface area contributed by atoms with Crippen molar-refractivity contribution < 1.29 is 9.90 Å². The molecule has 0 bridgehead atoms. The Hall–Kier alpha value is -1.26. The van der Waals surface area contributed by atoms with E-state index in [0.717, 1.165) is 0 Å². The fourth-order valence-electron chi connectivity index (χ4n) is 1.62. The molecule has 0 saturated carbocycles. The first-order valence-electron chi connectivity index (χ1n) is 5.11. The first-order chi connectivity index (χ1) is 7.69. The Labute approximate surface area is 98.8 Å². The van der Waals surface area contributed by atoms with Gasteiger partial charge in [0.15, 0.2) is 0 Å². The number of rotatable bonds is 2. The molecule has 2 N–H and O–H groups in total. The van der Waals surface area contributed by atoms with Gasteiger partial charge in [-0.3, -0.25) is 0 Å².